The smallest absolute Gasteiger partial charge is 0.410 e. The molecule has 1 spiro atoms. The van der Waals surface area contributed by atoms with Crippen molar-refractivity contribution in [1.29, 1.82) is 0 Å². The van der Waals surface area contributed by atoms with E-state index in [0.717, 1.165) is 6.42 Å². The Kier molecular flexibility index (Phi) is 8.96. The van der Waals surface area contributed by atoms with Crippen LogP contribution in [0.1, 0.15) is 70.0 Å². The highest BCUT2D eigenvalue weighted by atomic mass is 19.2. The lowest BCUT2D eigenvalue weighted by Gasteiger charge is -2.33. The summed E-state index contributed by atoms with van der Waals surface area (Å²) in [5.41, 5.74) is 5.88. The molecular weight excluding hydrogens is 580 g/mol. The van der Waals surface area contributed by atoms with Crippen LogP contribution in [0.4, 0.5) is 13.6 Å². The zero-order valence-corrected chi connectivity index (χ0v) is 25.7. The molecule has 0 saturated carbocycles. The molecule has 242 valence electrons. The number of nitrogens with zero attached hydrogens (tertiary/aromatic N) is 3. The Bertz CT molecular complexity index is 1380. The number of halogens is 2. The standard InChI is InChI=1S/C30H41F2N5O7/c1-17-7-8-19(24(32)23(17)31)20-15-37(35-33-20)25-26(39)22(16-38)42-21(27(25)41-5)13-18-14-30(44-34-18)9-6-11-36(12-10-30)28(40)43-29(2,3)4/h7-8,20-21,33,35,38-39H,6,9-16H2,1-5H3/t20-,21-,30-/m1/s1. The number of amides is 1. The number of ether oxygens (including phenoxy) is 3. The van der Waals surface area contributed by atoms with Gasteiger partial charge in [-0.15, -0.1) is 0 Å². The number of methoxy groups -OCH3 is 1. The van der Waals surface area contributed by atoms with Gasteiger partial charge in [0.25, 0.3) is 0 Å². The van der Waals surface area contributed by atoms with Crippen LogP contribution in [-0.4, -0.2) is 82.6 Å². The number of aliphatic hydroxyl groups excluding tert-OH is 2. The van der Waals surface area contributed by atoms with E-state index in [9.17, 15) is 23.8 Å². The number of likely N-dealkylation sites (tertiary alicyclic amines) is 1. The van der Waals surface area contributed by atoms with Gasteiger partial charge in [0.1, 0.15) is 23.5 Å². The van der Waals surface area contributed by atoms with Gasteiger partial charge in [0, 0.05) is 37.9 Å². The van der Waals surface area contributed by atoms with Crippen LogP contribution in [0.15, 0.2) is 40.3 Å². The fourth-order valence-corrected chi connectivity index (χ4v) is 5.97. The number of rotatable bonds is 6. The molecule has 2 fully saturated rings. The predicted octanol–water partition coefficient (Wildman–Crippen LogP) is 3.98. The highest BCUT2D eigenvalue weighted by molar-refractivity contribution is 5.87. The predicted molar refractivity (Wildman–Crippen MR) is 155 cm³/mol. The zero-order valence-electron chi connectivity index (χ0n) is 25.7. The van der Waals surface area contributed by atoms with Crippen LogP contribution in [0, 0.1) is 18.6 Å². The minimum Gasteiger partial charge on any atom is -0.503 e. The SMILES string of the molecule is COC1=C(N2C[C@H](c3ccc(C)c(F)c3F)NN2)C(O)=C(CO)O[C@@H]1CC1=NO[C@@]2(CCCN(C(=O)OC(C)(C)C)CC2)C1. The summed E-state index contributed by atoms with van der Waals surface area (Å²) < 4.78 is 46.3. The van der Waals surface area contributed by atoms with Gasteiger partial charge in [-0.2, -0.15) is 5.53 Å². The Labute approximate surface area is 255 Å². The van der Waals surface area contributed by atoms with Crippen LogP contribution in [0.5, 0.6) is 0 Å². The lowest BCUT2D eigenvalue weighted by atomic mass is 9.88. The number of nitrogens with one attached hydrogen (secondary N) is 2. The molecule has 4 heterocycles. The largest absolute Gasteiger partial charge is 0.503 e. The third kappa shape index (κ3) is 6.42. The second-order valence-corrected chi connectivity index (χ2v) is 12.6. The maximum absolute atomic E-state index is 14.8. The van der Waals surface area contributed by atoms with Crippen molar-refractivity contribution < 1.29 is 42.8 Å². The highest BCUT2D eigenvalue weighted by Gasteiger charge is 2.44. The fraction of sp³-hybridized carbons (Fsp3) is 0.600. The summed E-state index contributed by atoms with van der Waals surface area (Å²) in [5.74, 6) is -2.03. The van der Waals surface area contributed by atoms with Crippen molar-refractivity contribution in [3.63, 3.8) is 0 Å². The number of carbonyl (C=O) groups is 1. The van der Waals surface area contributed by atoms with Crippen LogP contribution >= 0.6 is 0 Å². The van der Waals surface area contributed by atoms with E-state index in [4.69, 9.17) is 19.0 Å². The van der Waals surface area contributed by atoms with Gasteiger partial charge in [-0.3, -0.25) is 5.01 Å². The molecule has 0 aliphatic carbocycles. The van der Waals surface area contributed by atoms with Crippen molar-refractivity contribution in [3.05, 3.63) is 57.9 Å². The molecule has 44 heavy (non-hydrogen) atoms. The lowest BCUT2D eigenvalue weighted by molar-refractivity contribution is -0.0298. The van der Waals surface area contributed by atoms with Crippen LogP contribution in [0.3, 0.4) is 0 Å². The van der Waals surface area contributed by atoms with E-state index >= 15 is 0 Å². The number of benzene rings is 1. The first kappa shape index (κ1) is 31.8. The number of aliphatic hydroxyl groups is 2. The Hall–Kier alpha value is -3.62. The number of aryl methyl sites for hydroxylation is 1. The van der Waals surface area contributed by atoms with Gasteiger partial charge >= 0.3 is 6.09 Å². The third-order valence-electron chi connectivity index (χ3n) is 8.22. The molecule has 3 atom stereocenters. The summed E-state index contributed by atoms with van der Waals surface area (Å²) in [6.07, 6.45) is 1.63. The van der Waals surface area contributed by atoms with Crippen molar-refractivity contribution in [2.75, 3.05) is 33.4 Å². The van der Waals surface area contributed by atoms with Crippen LogP contribution in [0.2, 0.25) is 0 Å². The molecule has 14 heteroatoms. The minimum absolute atomic E-state index is 0.0692. The number of carbonyl (C=O) groups excluding carboxylic acids is 1. The van der Waals surface area contributed by atoms with E-state index in [1.807, 2.05) is 20.8 Å². The van der Waals surface area contributed by atoms with Gasteiger partial charge in [0.15, 0.2) is 35.0 Å². The second-order valence-electron chi connectivity index (χ2n) is 12.6. The summed E-state index contributed by atoms with van der Waals surface area (Å²) in [4.78, 5) is 20.3. The monoisotopic (exact) mass is 621 g/mol. The molecule has 12 nitrogen and oxygen atoms in total. The minimum atomic E-state index is -0.950. The molecule has 1 aromatic rings. The maximum Gasteiger partial charge on any atom is 0.410 e. The molecule has 4 aliphatic heterocycles. The molecule has 0 unspecified atom stereocenters. The van der Waals surface area contributed by atoms with E-state index in [2.05, 4.69) is 16.1 Å². The van der Waals surface area contributed by atoms with Crippen molar-refractivity contribution in [2.45, 2.75) is 83.1 Å². The topological polar surface area (TPSA) is 137 Å². The zero-order chi connectivity index (χ0) is 31.8. The molecule has 2 saturated heterocycles. The molecule has 1 aromatic carbocycles. The Morgan fingerprint density at radius 1 is 1.23 bits per heavy atom. The van der Waals surface area contributed by atoms with Gasteiger partial charge in [-0.05, 0) is 46.1 Å². The number of hydrogen-bond donors (Lipinski definition) is 4. The molecule has 0 radical (unpaired) electrons. The van der Waals surface area contributed by atoms with Crippen LogP contribution < -0.4 is 11.0 Å². The molecule has 4 N–H and O–H groups in total. The van der Waals surface area contributed by atoms with Gasteiger partial charge in [0.2, 0.25) is 0 Å². The lowest BCUT2D eigenvalue weighted by Crippen LogP contribution is -2.41. The first-order valence-corrected chi connectivity index (χ1v) is 14.8. The van der Waals surface area contributed by atoms with Crippen LogP contribution in [-0.2, 0) is 19.0 Å². The van der Waals surface area contributed by atoms with Crippen molar-refractivity contribution >= 4 is 11.8 Å². The van der Waals surface area contributed by atoms with E-state index in [1.165, 1.54) is 31.2 Å². The summed E-state index contributed by atoms with van der Waals surface area (Å²) in [5, 5.41) is 26.9. The molecule has 0 aromatic heterocycles. The summed E-state index contributed by atoms with van der Waals surface area (Å²) >= 11 is 0. The fourth-order valence-electron chi connectivity index (χ4n) is 5.97. The molecule has 5 rings (SSSR count). The van der Waals surface area contributed by atoms with Crippen molar-refractivity contribution in [1.82, 2.24) is 20.9 Å². The average molecular weight is 622 g/mol. The summed E-state index contributed by atoms with van der Waals surface area (Å²) in [7, 11) is 1.43. The molecule has 0 bridgehead atoms. The number of oxime groups is 1. The third-order valence-corrected chi connectivity index (χ3v) is 8.22. The number of hydrazine groups is 2. The average Bonchev–Trinajstić information content (AvgIpc) is 3.54. The highest BCUT2D eigenvalue weighted by Crippen LogP contribution is 2.39. The first-order valence-electron chi connectivity index (χ1n) is 14.8. The Morgan fingerprint density at radius 3 is 2.70 bits per heavy atom. The van der Waals surface area contributed by atoms with E-state index in [0.29, 0.717) is 38.1 Å². The molecule has 4 aliphatic rings. The van der Waals surface area contributed by atoms with E-state index in [-0.39, 0.29) is 53.2 Å². The normalized spacial score (nSPS) is 26.0. The van der Waals surface area contributed by atoms with Crippen molar-refractivity contribution in [2.24, 2.45) is 5.16 Å². The van der Waals surface area contributed by atoms with Gasteiger partial charge in [-0.1, -0.05) is 17.3 Å². The van der Waals surface area contributed by atoms with Gasteiger partial charge in [0.05, 0.1) is 25.4 Å². The molecule has 1 amide bonds. The van der Waals surface area contributed by atoms with E-state index in [1.54, 1.807) is 4.90 Å². The quantitative estimate of drug-likeness (QED) is 0.369. The van der Waals surface area contributed by atoms with E-state index < -0.39 is 41.6 Å². The van der Waals surface area contributed by atoms with Crippen LogP contribution in [0.25, 0.3) is 0 Å². The first-order chi connectivity index (χ1) is 20.8. The van der Waals surface area contributed by atoms with Crippen molar-refractivity contribution in [3.8, 4) is 0 Å². The molecular formula is C30H41F2N5O7. The second kappa shape index (κ2) is 12.4. The number of hydrogen-bond acceptors (Lipinski definition) is 11. The Morgan fingerprint density at radius 2 is 2.00 bits per heavy atom. The summed E-state index contributed by atoms with van der Waals surface area (Å²) in [6, 6.07) is 2.35. The summed E-state index contributed by atoms with van der Waals surface area (Å²) in [6.45, 7) is 7.53. The van der Waals surface area contributed by atoms with Gasteiger partial charge in [-0.25, -0.2) is 19.0 Å². The Balaban J connectivity index is 1.30. The van der Waals surface area contributed by atoms with Gasteiger partial charge < -0.3 is 34.2 Å². The maximum atomic E-state index is 14.8.